The van der Waals surface area contributed by atoms with Crippen molar-refractivity contribution in [2.24, 2.45) is 0 Å². The maximum absolute atomic E-state index is 12.4. The van der Waals surface area contributed by atoms with E-state index in [4.69, 9.17) is 0 Å². The van der Waals surface area contributed by atoms with Crippen LogP contribution in [0.15, 0.2) is 54.6 Å². The summed E-state index contributed by atoms with van der Waals surface area (Å²) in [5.74, 6) is -0.373. The number of fused-ring (bicyclic) bond motifs is 1. The summed E-state index contributed by atoms with van der Waals surface area (Å²) >= 11 is 0. The van der Waals surface area contributed by atoms with Gasteiger partial charge in [-0.15, -0.1) is 0 Å². The number of amides is 1. The molecule has 1 heterocycles. The van der Waals surface area contributed by atoms with Gasteiger partial charge in [0.1, 0.15) is 0 Å². The number of para-hydroxylation sites is 1. The lowest BCUT2D eigenvalue weighted by Crippen LogP contribution is -2.06. The number of nitrogens with one attached hydrogen (secondary N) is 1. The molecular weight excluding hydrogens is 274 g/mol. The van der Waals surface area contributed by atoms with E-state index in [1.807, 2.05) is 48.5 Å². The van der Waals surface area contributed by atoms with Gasteiger partial charge < -0.3 is 5.32 Å². The number of hydrogen-bond donors (Lipinski definition) is 1. The van der Waals surface area contributed by atoms with Gasteiger partial charge in [-0.25, -0.2) is 0 Å². The van der Waals surface area contributed by atoms with E-state index in [-0.39, 0.29) is 11.7 Å². The smallest absolute Gasteiger partial charge is 0.256 e. The summed E-state index contributed by atoms with van der Waals surface area (Å²) in [6, 6.07) is 15.0. The molecule has 1 amide bonds. The summed E-state index contributed by atoms with van der Waals surface area (Å²) in [6.45, 7) is 2.12. The van der Waals surface area contributed by atoms with Crippen molar-refractivity contribution in [3.63, 3.8) is 0 Å². The highest BCUT2D eigenvalue weighted by Crippen LogP contribution is 2.31. The first-order valence-corrected chi connectivity index (χ1v) is 7.44. The molecular formula is C19H17NO2. The molecule has 110 valence electrons. The molecule has 1 aliphatic heterocycles. The van der Waals surface area contributed by atoms with Crippen molar-refractivity contribution in [3.8, 4) is 0 Å². The van der Waals surface area contributed by atoms with Gasteiger partial charge in [-0.05, 0) is 24.1 Å². The second-order valence-electron chi connectivity index (χ2n) is 5.37. The monoisotopic (exact) mass is 291 g/mol. The third-order valence-corrected chi connectivity index (χ3v) is 3.76. The second-order valence-corrected chi connectivity index (χ2v) is 5.37. The lowest BCUT2D eigenvalue weighted by atomic mass is 10.0. The van der Waals surface area contributed by atoms with Gasteiger partial charge in [0, 0.05) is 16.8 Å². The first-order valence-electron chi connectivity index (χ1n) is 7.44. The number of ketones is 1. The summed E-state index contributed by atoms with van der Waals surface area (Å²) < 4.78 is 0. The molecule has 3 heteroatoms. The predicted octanol–water partition coefficient (Wildman–Crippen LogP) is 3.86. The summed E-state index contributed by atoms with van der Waals surface area (Å²) in [6.07, 6.45) is 3.51. The predicted molar refractivity (Wildman–Crippen MR) is 87.8 cm³/mol. The van der Waals surface area contributed by atoms with E-state index in [0.29, 0.717) is 11.1 Å². The van der Waals surface area contributed by atoms with Crippen LogP contribution < -0.4 is 5.32 Å². The largest absolute Gasteiger partial charge is 0.321 e. The van der Waals surface area contributed by atoms with E-state index in [0.717, 1.165) is 24.1 Å². The minimum absolute atomic E-state index is 0.148. The number of rotatable bonds is 4. The Morgan fingerprint density at radius 2 is 1.82 bits per heavy atom. The van der Waals surface area contributed by atoms with Gasteiger partial charge in [-0.3, -0.25) is 9.59 Å². The quantitative estimate of drug-likeness (QED) is 0.687. The minimum atomic E-state index is -0.225. The Kier molecular flexibility index (Phi) is 3.88. The van der Waals surface area contributed by atoms with Crippen LogP contribution in [0.4, 0.5) is 5.69 Å². The molecule has 2 aromatic carbocycles. The fraction of sp³-hybridized carbons (Fsp3) is 0.158. The van der Waals surface area contributed by atoms with Crippen LogP contribution in [0.5, 0.6) is 0 Å². The third-order valence-electron chi connectivity index (χ3n) is 3.76. The third kappa shape index (κ3) is 2.70. The van der Waals surface area contributed by atoms with Crippen LogP contribution in [0.25, 0.3) is 5.57 Å². The Bertz CT molecular complexity index is 757. The van der Waals surface area contributed by atoms with Gasteiger partial charge in [0.2, 0.25) is 0 Å². The van der Waals surface area contributed by atoms with Crippen LogP contribution >= 0.6 is 0 Å². The Hall–Kier alpha value is -2.68. The van der Waals surface area contributed by atoms with E-state index in [1.165, 1.54) is 11.6 Å². The Morgan fingerprint density at radius 1 is 1.09 bits per heavy atom. The van der Waals surface area contributed by atoms with Crippen LogP contribution in [-0.4, -0.2) is 11.7 Å². The normalized spacial score (nSPS) is 14.8. The minimum Gasteiger partial charge on any atom is -0.321 e. The van der Waals surface area contributed by atoms with E-state index >= 15 is 0 Å². The summed E-state index contributed by atoms with van der Waals surface area (Å²) in [7, 11) is 0. The molecule has 0 spiro atoms. The summed E-state index contributed by atoms with van der Waals surface area (Å²) in [4.78, 5) is 24.4. The first kappa shape index (κ1) is 14.3. The first-order chi connectivity index (χ1) is 10.7. The van der Waals surface area contributed by atoms with Crippen LogP contribution in [0, 0.1) is 0 Å². The van der Waals surface area contributed by atoms with Gasteiger partial charge in [-0.2, -0.15) is 0 Å². The number of hydrogen-bond acceptors (Lipinski definition) is 2. The van der Waals surface area contributed by atoms with Crippen LogP contribution in [0.1, 0.15) is 34.8 Å². The van der Waals surface area contributed by atoms with E-state index < -0.39 is 0 Å². The molecule has 2 aromatic rings. The molecule has 1 aliphatic rings. The zero-order valence-corrected chi connectivity index (χ0v) is 12.4. The molecule has 0 fully saturated rings. The van der Waals surface area contributed by atoms with Gasteiger partial charge in [-0.1, -0.05) is 55.8 Å². The Labute approximate surface area is 129 Å². The summed E-state index contributed by atoms with van der Waals surface area (Å²) in [5.41, 5.74) is 3.78. The average molecular weight is 291 g/mol. The van der Waals surface area contributed by atoms with Crippen molar-refractivity contribution in [1.82, 2.24) is 0 Å². The van der Waals surface area contributed by atoms with Crippen molar-refractivity contribution < 1.29 is 9.59 Å². The Morgan fingerprint density at radius 3 is 2.55 bits per heavy atom. The molecule has 3 nitrogen and oxygen atoms in total. The maximum atomic E-state index is 12.4. The second kappa shape index (κ2) is 5.98. The van der Waals surface area contributed by atoms with Crippen LogP contribution in [-0.2, 0) is 11.2 Å². The highest BCUT2D eigenvalue weighted by Gasteiger charge is 2.24. The standard InChI is InChI=1S/C19H17NO2/c1-2-5-13-8-10-14(11-9-13)18(21)12-16-15-6-3-4-7-17(15)20-19(16)22/h3-4,6-12H,2,5H2,1H3,(H,20,22)/b16-12-. The van der Waals surface area contributed by atoms with Crippen molar-refractivity contribution in [3.05, 3.63) is 71.3 Å². The van der Waals surface area contributed by atoms with E-state index in [9.17, 15) is 9.59 Å². The molecule has 1 N–H and O–H groups in total. The molecule has 3 rings (SSSR count). The van der Waals surface area contributed by atoms with Crippen LogP contribution in [0.2, 0.25) is 0 Å². The maximum Gasteiger partial charge on any atom is 0.256 e. The number of carbonyl (C=O) groups is 2. The van der Waals surface area contributed by atoms with Gasteiger partial charge in [0.05, 0.1) is 5.57 Å². The zero-order valence-electron chi connectivity index (χ0n) is 12.4. The summed E-state index contributed by atoms with van der Waals surface area (Å²) in [5, 5.41) is 2.77. The molecule has 0 aliphatic carbocycles. The van der Waals surface area contributed by atoms with Crippen molar-refractivity contribution in [2.75, 3.05) is 5.32 Å². The molecule has 0 aromatic heterocycles. The highest BCUT2D eigenvalue weighted by atomic mass is 16.2. The fourth-order valence-electron chi connectivity index (χ4n) is 2.62. The molecule has 0 saturated heterocycles. The van der Waals surface area contributed by atoms with E-state index in [2.05, 4.69) is 12.2 Å². The lowest BCUT2D eigenvalue weighted by Gasteiger charge is -2.01. The highest BCUT2D eigenvalue weighted by molar-refractivity contribution is 6.35. The van der Waals surface area contributed by atoms with Gasteiger partial charge in [0.15, 0.2) is 5.78 Å². The molecule has 0 atom stereocenters. The zero-order chi connectivity index (χ0) is 15.5. The number of allylic oxidation sites excluding steroid dienone is 1. The van der Waals surface area contributed by atoms with Crippen molar-refractivity contribution in [2.45, 2.75) is 19.8 Å². The topological polar surface area (TPSA) is 46.2 Å². The Balaban J connectivity index is 1.88. The number of benzene rings is 2. The average Bonchev–Trinajstić information content (AvgIpc) is 2.84. The van der Waals surface area contributed by atoms with Gasteiger partial charge >= 0.3 is 0 Å². The molecule has 0 radical (unpaired) electrons. The molecule has 22 heavy (non-hydrogen) atoms. The number of aryl methyl sites for hydroxylation is 1. The van der Waals surface area contributed by atoms with Crippen molar-refractivity contribution >= 4 is 23.0 Å². The molecule has 0 bridgehead atoms. The number of carbonyl (C=O) groups excluding carboxylic acids is 2. The molecule has 0 saturated carbocycles. The van der Waals surface area contributed by atoms with Gasteiger partial charge in [0.25, 0.3) is 5.91 Å². The number of anilines is 1. The lowest BCUT2D eigenvalue weighted by molar-refractivity contribution is -0.110. The fourth-order valence-corrected chi connectivity index (χ4v) is 2.62. The van der Waals surface area contributed by atoms with Crippen LogP contribution in [0.3, 0.4) is 0 Å². The van der Waals surface area contributed by atoms with E-state index in [1.54, 1.807) is 0 Å². The SMILES string of the molecule is CCCc1ccc(C(=O)/C=C2\C(=O)Nc3ccccc32)cc1. The molecule has 0 unspecified atom stereocenters. The van der Waals surface area contributed by atoms with Crippen molar-refractivity contribution in [1.29, 1.82) is 0 Å².